The fourth-order valence-electron chi connectivity index (χ4n) is 9.06. The van der Waals surface area contributed by atoms with Crippen LogP contribution in [0.1, 0.15) is 49.9 Å². The molecule has 0 saturated carbocycles. The van der Waals surface area contributed by atoms with Crippen molar-refractivity contribution in [1.29, 1.82) is 0 Å². The Morgan fingerprint density at radius 1 is 0.415 bits per heavy atom. The molecule has 7 aromatic rings. The molecule has 4 nitrogen and oxygen atoms in total. The summed E-state index contributed by atoms with van der Waals surface area (Å²) >= 11 is 0. The predicted molar refractivity (Wildman–Crippen MR) is 220 cm³/mol. The molecule has 3 heterocycles. The highest BCUT2D eigenvalue weighted by molar-refractivity contribution is 7.85. The zero-order valence-electron chi connectivity index (χ0n) is 30.2. The van der Waals surface area contributed by atoms with Gasteiger partial charge >= 0.3 is 0 Å². The molecule has 0 radical (unpaired) electrons. The Morgan fingerprint density at radius 3 is 1.30 bits per heavy atom. The average molecular weight is 707 g/mol. The topological polar surface area (TPSA) is 32.8 Å². The minimum absolute atomic E-state index is 0.231. The molecule has 0 bridgehead atoms. The monoisotopic (exact) mass is 706 g/mol. The van der Waals surface area contributed by atoms with Crippen LogP contribution >= 0.6 is 7.14 Å². The van der Waals surface area contributed by atoms with Gasteiger partial charge < -0.3 is 19.1 Å². The fourth-order valence-corrected chi connectivity index (χ4v) is 11.9. The van der Waals surface area contributed by atoms with Crippen molar-refractivity contribution in [2.75, 3.05) is 9.80 Å². The molecule has 5 heteroatoms. The molecule has 258 valence electrons. The van der Waals surface area contributed by atoms with Crippen LogP contribution in [0.25, 0.3) is 0 Å². The average Bonchev–Trinajstić information content (AvgIpc) is 3.19. The summed E-state index contributed by atoms with van der Waals surface area (Å²) in [4.78, 5) is 4.79. The molecule has 0 saturated heterocycles. The quantitative estimate of drug-likeness (QED) is 0.171. The van der Waals surface area contributed by atoms with Gasteiger partial charge in [-0.05, 0) is 64.7 Å². The minimum Gasteiger partial charge on any atom is -0.456 e. The molecule has 0 N–H and O–H groups in total. The van der Waals surface area contributed by atoms with Gasteiger partial charge in [0, 0.05) is 22.2 Å². The maximum absolute atomic E-state index is 16.2. The van der Waals surface area contributed by atoms with Crippen LogP contribution in [0, 0.1) is 0 Å². The molecule has 7 aromatic carbocycles. The van der Waals surface area contributed by atoms with Crippen LogP contribution in [0.3, 0.4) is 0 Å². The van der Waals surface area contributed by atoms with Crippen molar-refractivity contribution in [3.05, 3.63) is 186 Å². The lowest BCUT2D eigenvalue weighted by atomic mass is 9.73. The van der Waals surface area contributed by atoms with Gasteiger partial charge in [0.1, 0.15) is 11.5 Å². The molecule has 1 unspecified atom stereocenters. The second-order valence-electron chi connectivity index (χ2n) is 15.3. The third kappa shape index (κ3) is 4.39. The van der Waals surface area contributed by atoms with Crippen molar-refractivity contribution >= 4 is 57.2 Å². The van der Waals surface area contributed by atoms with Gasteiger partial charge in [0.25, 0.3) is 0 Å². The number of anilines is 6. The van der Waals surface area contributed by atoms with Crippen molar-refractivity contribution in [3.8, 4) is 11.5 Å². The van der Waals surface area contributed by atoms with E-state index in [9.17, 15) is 0 Å². The van der Waals surface area contributed by atoms with E-state index in [2.05, 4.69) is 147 Å². The second kappa shape index (κ2) is 11.3. The maximum atomic E-state index is 16.2. The van der Waals surface area contributed by atoms with E-state index in [0.29, 0.717) is 22.1 Å². The SMILES string of the molecule is CC1(C)c2ccccc2N(c2cc3c(cc2N2c4ccccc4C(C)(C)c4ccccc42)P(=O)(c2ccccc2)c2ccccc2O3)c2ccccc21. The summed E-state index contributed by atoms with van der Waals surface area (Å²) in [5.74, 6) is 1.23. The Bertz CT molecular complexity index is 2560. The lowest BCUT2D eigenvalue weighted by Crippen LogP contribution is -2.35. The second-order valence-corrected chi connectivity index (χ2v) is 18.0. The zero-order valence-corrected chi connectivity index (χ0v) is 31.1. The van der Waals surface area contributed by atoms with Crippen molar-refractivity contribution < 1.29 is 9.30 Å². The number of ether oxygens (including phenoxy) is 1. The molecule has 1 atom stereocenters. The van der Waals surface area contributed by atoms with Crippen LogP contribution in [-0.2, 0) is 15.4 Å². The van der Waals surface area contributed by atoms with Gasteiger partial charge in [0.05, 0.1) is 44.7 Å². The van der Waals surface area contributed by atoms with Gasteiger partial charge in [-0.2, -0.15) is 0 Å². The smallest absolute Gasteiger partial charge is 0.178 e. The molecule has 0 amide bonds. The minimum atomic E-state index is -3.40. The molecule has 3 aliphatic rings. The Morgan fingerprint density at radius 2 is 0.811 bits per heavy atom. The summed E-state index contributed by atoms with van der Waals surface area (Å²) in [6.45, 7) is 9.24. The van der Waals surface area contributed by atoms with Crippen LogP contribution < -0.4 is 30.5 Å². The number of benzene rings is 7. The van der Waals surface area contributed by atoms with Crippen molar-refractivity contribution in [3.63, 3.8) is 0 Å². The number of fused-ring (bicyclic) bond motifs is 6. The Labute approximate surface area is 311 Å². The maximum Gasteiger partial charge on any atom is 0.178 e. The van der Waals surface area contributed by atoms with E-state index < -0.39 is 7.14 Å². The summed E-state index contributed by atoms with van der Waals surface area (Å²) in [7, 11) is -3.40. The normalized spacial score (nSPS) is 18.3. The highest BCUT2D eigenvalue weighted by Crippen LogP contribution is 2.60. The van der Waals surface area contributed by atoms with E-state index in [1.165, 1.54) is 22.3 Å². The molecular weight excluding hydrogens is 668 g/mol. The molecule has 10 rings (SSSR count). The molecule has 53 heavy (non-hydrogen) atoms. The molecule has 0 aliphatic carbocycles. The highest BCUT2D eigenvalue weighted by Gasteiger charge is 2.44. The van der Waals surface area contributed by atoms with E-state index in [1.807, 2.05) is 54.6 Å². The molecule has 0 spiro atoms. The summed E-state index contributed by atoms with van der Waals surface area (Å²) in [5.41, 5.74) is 10.8. The Hall–Kier alpha value is -5.83. The standard InChI is InChI=1S/C48H39N2O2P/c1-47(2)33-20-8-12-24-37(33)49(38-25-13-9-21-34(38)47)41-30-44-46(53(51,32-18-6-5-7-19-32)45-29-17-16-28-43(45)52-44)31-42(41)50-39-26-14-10-22-35(39)48(3,4)36-23-11-15-27-40(36)50/h5-31H,1-4H3. The van der Waals surface area contributed by atoms with E-state index in [1.54, 1.807) is 0 Å². The van der Waals surface area contributed by atoms with E-state index in [4.69, 9.17) is 4.74 Å². The van der Waals surface area contributed by atoms with E-state index >= 15 is 4.57 Å². The van der Waals surface area contributed by atoms with Gasteiger partial charge in [-0.15, -0.1) is 0 Å². The highest BCUT2D eigenvalue weighted by atomic mass is 31.2. The van der Waals surface area contributed by atoms with Crippen LogP contribution in [0.15, 0.2) is 164 Å². The third-order valence-corrected chi connectivity index (χ3v) is 14.8. The van der Waals surface area contributed by atoms with Crippen LogP contribution in [0.5, 0.6) is 11.5 Å². The number of hydrogen-bond acceptors (Lipinski definition) is 4. The third-order valence-electron chi connectivity index (χ3n) is 11.7. The molecule has 3 aliphatic heterocycles. The first-order valence-electron chi connectivity index (χ1n) is 18.3. The molecule has 0 fully saturated rings. The van der Waals surface area contributed by atoms with Crippen LogP contribution in [0.2, 0.25) is 0 Å². The van der Waals surface area contributed by atoms with Gasteiger partial charge in [0.15, 0.2) is 7.14 Å². The fraction of sp³-hybridized carbons (Fsp3) is 0.125. The van der Waals surface area contributed by atoms with Gasteiger partial charge in [-0.1, -0.05) is 143 Å². The predicted octanol–water partition coefficient (Wildman–Crippen LogP) is 11.6. The number of para-hydroxylation sites is 5. The lowest BCUT2D eigenvalue weighted by Gasteiger charge is -2.46. The first kappa shape index (κ1) is 31.9. The van der Waals surface area contributed by atoms with Crippen molar-refractivity contribution in [1.82, 2.24) is 0 Å². The van der Waals surface area contributed by atoms with Crippen molar-refractivity contribution in [2.24, 2.45) is 0 Å². The van der Waals surface area contributed by atoms with Crippen LogP contribution in [0.4, 0.5) is 34.1 Å². The van der Waals surface area contributed by atoms with Gasteiger partial charge in [0.2, 0.25) is 0 Å². The Balaban J connectivity index is 1.35. The van der Waals surface area contributed by atoms with Gasteiger partial charge in [-0.3, -0.25) is 0 Å². The number of rotatable bonds is 3. The largest absolute Gasteiger partial charge is 0.456 e. The first-order valence-corrected chi connectivity index (χ1v) is 20.0. The van der Waals surface area contributed by atoms with E-state index in [-0.39, 0.29) is 10.8 Å². The Kier molecular flexibility index (Phi) is 6.81. The van der Waals surface area contributed by atoms with Crippen molar-refractivity contribution in [2.45, 2.75) is 38.5 Å². The molecule has 0 aromatic heterocycles. The number of hydrogen-bond donors (Lipinski definition) is 0. The van der Waals surface area contributed by atoms with Crippen LogP contribution in [-0.4, -0.2) is 0 Å². The first-order chi connectivity index (χ1) is 25.7. The summed E-state index contributed by atoms with van der Waals surface area (Å²) in [5, 5.41) is 2.19. The summed E-state index contributed by atoms with van der Waals surface area (Å²) in [6.07, 6.45) is 0. The summed E-state index contributed by atoms with van der Waals surface area (Å²) < 4.78 is 23.0. The molecular formula is C48H39N2O2P. The number of nitrogens with zero attached hydrogens (tertiary/aromatic N) is 2. The summed E-state index contributed by atoms with van der Waals surface area (Å²) in [6, 6.07) is 57.0. The van der Waals surface area contributed by atoms with Gasteiger partial charge in [-0.25, -0.2) is 0 Å². The van der Waals surface area contributed by atoms with E-state index in [0.717, 1.165) is 39.4 Å². The lowest BCUT2D eigenvalue weighted by molar-refractivity contribution is 0.485. The zero-order chi connectivity index (χ0) is 36.1.